The van der Waals surface area contributed by atoms with E-state index in [-0.39, 0.29) is 34.8 Å². The van der Waals surface area contributed by atoms with Gasteiger partial charge in [-0.05, 0) is 42.0 Å². The maximum atomic E-state index is 13.2. The summed E-state index contributed by atoms with van der Waals surface area (Å²) in [6.45, 7) is 3.44. The van der Waals surface area contributed by atoms with Crippen LogP contribution in [0.15, 0.2) is 39.8 Å². The summed E-state index contributed by atoms with van der Waals surface area (Å²) in [5, 5.41) is 29.9. The summed E-state index contributed by atoms with van der Waals surface area (Å²) < 4.78 is 1.46. The summed E-state index contributed by atoms with van der Waals surface area (Å²) in [5.41, 5.74) is 0.335. The van der Waals surface area contributed by atoms with Crippen molar-refractivity contribution >= 4 is 59.2 Å². The highest BCUT2D eigenvalue weighted by molar-refractivity contribution is 8.01. The lowest BCUT2D eigenvalue weighted by molar-refractivity contribution is -0.150. The number of amides is 3. The number of hydrogen-bond donors (Lipinski definition) is 3. The SMILES string of the molecule is CC(C)O/N=C(\C(=O)NC1C(=O)N2C(C(=O)O)=C(CSc3nnnn3C)CS[C@H]12)c1cccc(NC=O)n1. The maximum Gasteiger partial charge on any atom is 0.352 e. The molecular weight excluding hydrogens is 538 g/mol. The topological polar surface area (TPSA) is 194 Å². The third kappa shape index (κ3) is 5.62. The summed E-state index contributed by atoms with van der Waals surface area (Å²) >= 11 is 2.59. The average molecular weight is 562 g/mol. The molecule has 2 aliphatic rings. The van der Waals surface area contributed by atoms with Crippen molar-refractivity contribution in [2.75, 3.05) is 16.8 Å². The van der Waals surface area contributed by atoms with Gasteiger partial charge in [0.2, 0.25) is 11.6 Å². The molecule has 4 heterocycles. The minimum Gasteiger partial charge on any atom is -0.477 e. The molecule has 1 fully saturated rings. The van der Waals surface area contributed by atoms with E-state index in [1.807, 2.05) is 0 Å². The molecule has 0 aromatic carbocycles. The van der Waals surface area contributed by atoms with E-state index < -0.39 is 29.2 Å². The van der Waals surface area contributed by atoms with Crippen molar-refractivity contribution < 1.29 is 29.1 Å². The molecule has 2 atom stereocenters. The first kappa shape index (κ1) is 27.1. The third-order valence-electron chi connectivity index (χ3n) is 5.26. The first-order valence-electron chi connectivity index (χ1n) is 11.2. The van der Waals surface area contributed by atoms with Crippen molar-refractivity contribution in [1.82, 2.24) is 35.4 Å². The number of oxime groups is 1. The number of aliphatic carboxylic acids is 1. The number of β-lactam (4-membered cyclic amide) rings is 1. The van der Waals surface area contributed by atoms with Crippen LogP contribution < -0.4 is 10.6 Å². The number of tetrazole rings is 1. The lowest BCUT2D eigenvalue weighted by atomic mass is 10.0. The van der Waals surface area contributed by atoms with Gasteiger partial charge in [0.25, 0.3) is 11.8 Å². The van der Waals surface area contributed by atoms with Crippen LogP contribution in [0.3, 0.4) is 0 Å². The molecule has 3 N–H and O–H groups in total. The monoisotopic (exact) mass is 561 g/mol. The molecule has 2 aromatic rings. The average Bonchev–Trinajstić information content (AvgIpc) is 3.30. The number of carboxylic acids is 1. The minimum atomic E-state index is -1.24. The van der Waals surface area contributed by atoms with Crippen molar-refractivity contribution in [3.05, 3.63) is 35.2 Å². The van der Waals surface area contributed by atoms with Crippen LogP contribution in [0.25, 0.3) is 0 Å². The number of aryl methyl sites for hydroxylation is 1. The van der Waals surface area contributed by atoms with Crippen LogP contribution in [0.1, 0.15) is 19.5 Å². The zero-order chi connectivity index (χ0) is 27.4. The molecule has 38 heavy (non-hydrogen) atoms. The van der Waals surface area contributed by atoms with Crippen LogP contribution in [0, 0.1) is 0 Å². The van der Waals surface area contributed by atoms with E-state index >= 15 is 0 Å². The molecule has 2 aliphatic heterocycles. The van der Waals surface area contributed by atoms with Gasteiger partial charge >= 0.3 is 5.97 Å². The molecular formula is C21H23N9O6S2. The molecule has 0 spiro atoms. The number of thioether (sulfide) groups is 2. The second kappa shape index (κ2) is 11.6. The minimum absolute atomic E-state index is 0.110. The fraction of sp³-hybridized carbons (Fsp3) is 0.381. The van der Waals surface area contributed by atoms with Crippen LogP contribution in [0.5, 0.6) is 0 Å². The van der Waals surface area contributed by atoms with Gasteiger partial charge in [-0.25, -0.2) is 14.5 Å². The summed E-state index contributed by atoms with van der Waals surface area (Å²) in [6.07, 6.45) is 0.0979. The van der Waals surface area contributed by atoms with Crippen molar-refractivity contribution in [2.45, 2.75) is 36.5 Å². The molecule has 0 bridgehead atoms. The first-order chi connectivity index (χ1) is 18.2. The van der Waals surface area contributed by atoms with E-state index in [0.717, 1.165) is 0 Å². The summed E-state index contributed by atoms with van der Waals surface area (Å²) in [7, 11) is 1.67. The largest absolute Gasteiger partial charge is 0.477 e. The Kier molecular flexibility index (Phi) is 8.26. The van der Waals surface area contributed by atoms with Gasteiger partial charge in [-0.3, -0.25) is 19.3 Å². The van der Waals surface area contributed by atoms with Gasteiger partial charge in [-0.15, -0.1) is 16.9 Å². The van der Waals surface area contributed by atoms with Crippen molar-refractivity contribution in [3.8, 4) is 0 Å². The second-order valence-electron chi connectivity index (χ2n) is 8.26. The molecule has 0 aliphatic carbocycles. The van der Waals surface area contributed by atoms with Crippen LogP contribution in [0.4, 0.5) is 5.82 Å². The molecule has 15 nitrogen and oxygen atoms in total. The zero-order valence-electron chi connectivity index (χ0n) is 20.4. The molecule has 200 valence electrons. The van der Waals surface area contributed by atoms with E-state index in [1.165, 1.54) is 45.2 Å². The van der Waals surface area contributed by atoms with Crippen molar-refractivity contribution in [3.63, 3.8) is 0 Å². The van der Waals surface area contributed by atoms with Crippen LogP contribution in [-0.4, -0.2) is 94.1 Å². The van der Waals surface area contributed by atoms with E-state index in [0.29, 0.717) is 22.9 Å². The fourth-order valence-corrected chi connectivity index (χ4v) is 5.90. The zero-order valence-corrected chi connectivity index (χ0v) is 22.0. The summed E-state index contributed by atoms with van der Waals surface area (Å²) in [6, 6.07) is 3.61. The Balaban J connectivity index is 1.52. The van der Waals surface area contributed by atoms with Gasteiger partial charge in [0.1, 0.15) is 34.7 Å². The van der Waals surface area contributed by atoms with Gasteiger partial charge in [-0.1, -0.05) is 23.0 Å². The Labute approximate surface area is 224 Å². The van der Waals surface area contributed by atoms with E-state index in [9.17, 15) is 24.3 Å². The number of hydrogen-bond acceptors (Lipinski definition) is 12. The van der Waals surface area contributed by atoms with E-state index in [4.69, 9.17) is 4.84 Å². The standard InChI is InChI=1S/C21H23N9O6S2/c1-10(2)36-26-14(12-5-4-6-13(23-12)22-9-31)17(32)24-15-18(33)30-16(20(34)35)11(7-37-19(15)30)8-38-21-25-27-28-29(21)3/h4-6,9-10,15,19H,7-8H2,1-3H3,(H,24,32)(H,34,35)(H,22,23,31)/b26-14-/t15?,19-/m1/s1. The third-order valence-corrected chi connectivity index (χ3v) is 7.70. The number of fused-ring (bicyclic) bond motifs is 1. The lowest BCUT2D eigenvalue weighted by Crippen LogP contribution is -2.71. The molecule has 1 saturated heterocycles. The Morgan fingerprint density at radius 1 is 1.39 bits per heavy atom. The fourth-order valence-electron chi connectivity index (χ4n) is 3.57. The number of anilines is 1. The number of carbonyl (C=O) groups is 4. The maximum absolute atomic E-state index is 13.2. The van der Waals surface area contributed by atoms with Crippen LogP contribution >= 0.6 is 23.5 Å². The van der Waals surface area contributed by atoms with Crippen molar-refractivity contribution in [2.24, 2.45) is 12.2 Å². The molecule has 0 saturated carbocycles. The van der Waals surface area contributed by atoms with Gasteiger partial charge in [0.15, 0.2) is 5.71 Å². The van der Waals surface area contributed by atoms with E-state index in [2.05, 4.69) is 36.3 Å². The summed E-state index contributed by atoms with van der Waals surface area (Å²) in [5.74, 6) is -1.75. The first-order valence-corrected chi connectivity index (χ1v) is 13.2. The number of rotatable bonds is 11. The molecule has 0 radical (unpaired) electrons. The molecule has 1 unspecified atom stereocenters. The van der Waals surface area contributed by atoms with E-state index in [1.54, 1.807) is 27.0 Å². The Hall–Kier alpha value is -3.99. The Morgan fingerprint density at radius 2 is 2.18 bits per heavy atom. The van der Waals surface area contributed by atoms with Gasteiger partial charge in [0.05, 0.1) is 0 Å². The highest BCUT2D eigenvalue weighted by atomic mass is 32.2. The number of pyridine rings is 1. The molecule has 3 amide bonds. The van der Waals surface area contributed by atoms with Crippen molar-refractivity contribution in [1.29, 1.82) is 0 Å². The highest BCUT2D eigenvalue weighted by Gasteiger charge is 2.54. The predicted molar refractivity (Wildman–Crippen MR) is 136 cm³/mol. The summed E-state index contributed by atoms with van der Waals surface area (Å²) in [4.78, 5) is 59.8. The molecule has 17 heteroatoms. The number of carbonyl (C=O) groups excluding carboxylic acids is 3. The Morgan fingerprint density at radius 3 is 2.84 bits per heavy atom. The number of carboxylic acid groups (broad SMARTS) is 1. The van der Waals surface area contributed by atoms with Gasteiger partial charge < -0.3 is 20.6 Å². The predicted octanol–water partition coefficient (Wildman–Crippen LogP) is -0.167. The van der Waals surface area contributed by atoms with Crippen LogP contribution in [0.2, 0.25) is 0 Å². The molecule has 2 aromatic heterocycles. The van der Waals surface area contributed by atoms with Gasteiger partial charge in [-0.2, -0.15) is 0 Å². The number of nitrogens with one attached hydrogen (secondary N) is 2. The Bertz CT molecular complexity index is 1330. The smallest absolute Gasteiger partial charge is 0.352 e. The number of aromatic nitrogens is 5. The number of nitrogens with zero attached hydrogens (tertiary/aromatic N) is 7. The molecule has 4 rings (SSSR count). The van der Waals surface area contributed by atoms with Gasteiger partial charge in [0, 0.05) is 18.6 Å². The quantitative estimate of drug-likeness (QED) is 0.108. The normalized spacial score (nSPS) is 19.1. The highest BCUT2D eigenvalue weighted by Crippen LogP contribution is 2.41. The second-order valence-corrected chi connectivity index (χ2v) is 10.3. The lowest BCUT2D eigenvalue weighted by Gasteiger charge is -2.49. The van der Waals surface area contributed by atoms with Crippen LogP contribution in [-0.2, 0) is 31.1 Å².